The summed E-state index contributed by atoms with van der Waals surface area (Å²) in [6, 6.07) is 6.51. The first-order valence-corrected chi connectivity index (χ1v) is 9.57. The van der Waals surface area contributed by atoms with Crippen molar-refractivity contribution in [1.29, 1.82) is 0 Å². The van der Waals surface area contributed by atoms with E-state index in [4.69, 9.17) is 14.9 Å². The molecule has 7 nitrogen and oxygen atoms in total. The molecular weight excluding hydrogens is 392 g/mol. The molecule has 0 amide bonds. The van der Waals surface area contributed by atoms with Gasteiger partial charge in [0.25, 0.3) is 0 Å². The highest BCUT2D eigenvalue weighted by molar-refractivity contribution is 5.89. The van der Waals surface area contributed by atoms with Crippen molar-refractivity contribution in [2.45, 2.75) is 13.0 Å². The van der Waals surface area contributed by atoms with Gasteiger partial charge in [0.15, 0.2) is 0 Å². The van der Waals surface area contributed by atoms with Gasteiger partial charge in [-0.3, -0.25) is 4.98 Å². The van der Waals surface area contributed by atoms with E-state index in [1.54, 1.807) is 12.3 Å². The van der Waals surface area contributed by atoms with Gasteiger partial charge >= 0.3 is 0 Å². The van der Waals surface area contributed by atoms with Gasteiger partial charge in [-0.2, -0.15) is 0 Å². The second-order valence-corrected chi connectivity index (χ2v) is 7.07. The first kappa shape index (κ1) is 20.0. The molecular formula is C21H21F2N5O2. The van der Waals surface area contributed by atoms with E-state index in [1.165, 1.54) is 18.3 Å². The molecule has 0 aliphatic carbocycles. The van der Waals surface area contributed by atoms with Crippen molar-refractivity contribution in [3.8, 4) is 0 Å². The topological polar surface area (TPSA) is 82.9 Å². The minimum absolute atomic E-state index is 0.312. The highest BCUT2D eigenvalue weighted by Crippen LogP contribution is 2.28. The Morgan fingerprint density at radius 1 is 1.17 bits per heavy atom. The average molecular weight is 413 g/mol. The minimum atomic E-state index is -0.662. The van der Waals surface area contributed by atoms with Crippen molar-refractivity contribution in [3.63, 3.8) is 0 Å². The van der Waals surface area contributed by atoms with Crippen LogP contribution in [0.2, 0.25) is 0 Å². The Kier molecular flexibility index (Phi) is 5.71. The molecule has 1 atom stereocenters. The van der Waals surface area contributed by atoms with Crippen LogP contribution in [-0.2, 0) is 4.74 Å². The van der Waals surface area contributed by atoms with Crippen molar-refractivity contribution < 1.29 is 18.7 Å². The maximum absolute atomic E-state index is 13.6. The Labute approximate surface area is 172 Å². The molecule has 4 rings (SSSR count). The van der Waals surface area contributed by atoms with E-state index in [9.17, 15) is 8.78 Å². The summed E-state index contributed by atoms with van der Waals surface area (Å²) in [6.45, 7) is 4.56. The second kappa shape index (κ2) is 8.58. The molecule has 156 valence electrons. The van der Waals surface area contributed by atoms with Gasteiger partial charge in [-0.05, 0) is 36.8 Å². The van der Waals surface area contributed by atoms with Crippen LogP contribution in [0.1, 0.15) is 24.1 Å². The number of nitrogens with zero attached hydrogens (tertiary/aromatic N) is 4. The summed E-state index contributed by atoms with van der Waals surface area (Å²) in [7, 11) is 0. The zero-order valence-electron chi connectivity index (χ0n) is 16.3. The Morgan fingerprint density at radius 3 is 2.60 bits per heavy atom. The number of rotatable bonds is 5. The van der Waals surface area contributed by atoms with Crippen LogP contribution in [0.15, 0.2) is 41.7 Å². The lowest BCUT2D eigenvalue weighted by atomic mass is 10.0. The van der Waals surface area contributed by atoms with Gasteiger partial charge in [0, 0.05) is 30.4 Å². The molecule has 9 heteroatoms. The number of hydrogen-bond donors (Lipinski definition) is 2. The Morgan fingerprint density at radius 2 is 1.90 bits per heavy atom. The highest BCUT2D eigenvalue weighted by Gasteiger charge is 2.18. The third kappa shape index (κ3) is 4.30. The van der Waals surface area contributed by atoms with E-state index in [0.29, 0.717) is 35.5 Å². The van der Waals surface area contributed by atoms with Crippen molar-refractivity contribution in [3.05, 3.63) is 59.3 Å². The number of fused-ring (bicyclic) bond motifs is 1. The molecule has 0 saturated carbocycles. The van der Waals surface area contributed by atoms with E-state index in [0.717, 1.165) is 30.5 Å². The Balaban J connectivity index is 1.75. The molecule has 1 aliphatic heterocycles. The highest BCUT2D eigenvalue weighted by atomic mass is 19.1. The lowest BCUT2D eigenvalue weighted by molar-refractivity contribution is 0.122. The predicted molar refractivity (Wildman–Crippen MR) is 110 cm³/mol. The van der Waals surface area contributed by atoms with Crippen LogP contribution >= 0.6 is 0 Å². The molecule has 1 aliphatic rings. The Bertz CT molecular complexity index is 1070. The first-order valence-electron chi connectivity index (χ1n) is 9.57. The molecule has 1 saturated heterocycles. The van der Waals surface area contributed by atoms with Crippen molar-refractivity contribution in [2.75, 3.05) is 36.5 Å². The van der Waals surface area contributed by atoms with Crippen molar-refractivity contribution in [1.82, 2.24) is 9.97 Å². The fraction of sp³-hybridized carbons (Fsp3) is 0.286. The molecule has 30 heavy (non-hydrogen) atoms. The molecule has 2 N–H and O–H groups in total. The number of morpholine rings is 1. The summed E-state index contributed by atoms with van der Waals surface area (Å²) in [6.07, 6.45) is 3.01. The van der Waals surface area contributed by atoms with Crippen LogP contribution in [0.4, 0.5) is 20.3 Å². The summed E-state index contributed by atoms with van der Waals surface area (Å²) >= 11 is 0. The van der Waals surface area contributed by atoms with Crippen LogP contribution in [0, 0.1) is 11.6 Å². The lowest BCUT2D eigenvalue weighted by Crippen LogP contribution is -2.36. The maximum Gasteiger partial charge on any atom is 0.148 e. The third-order valence-corrected chi connectivity index (χ3v) is 4.94. The summed E-state index contributed by atoms with van der Waals surface area (Å²) in [5.41, 5.74) is 2.98. The minimum Gasteiger partial charge on any atom is -0.411 e. The quantitative estimate of drug-likeness (QED) is 0.377. The normalized spacial score (nSPS) is 15.6. The zero-order chi connectivity index (χ0) is 21.1. The smallest absolute Gasteiger partial charge is 0.148 e. The van der Waals surface area contributed by atoms with Crippen molar-refractivity contribution >= 4 is 28.8 Å². The van der Waals surface area contributed by atoms with Crippen LogP contribution < -0.4 is 10.2 Å². The molecule has 1 fully saturated rings. The molecule has 2 heterocycles. The van der Waals surface area contributed by atoms with Crippen molar-refractivity contribution in [2.24, 2.45) is 5.16 Å². The predicted octanol–water partition coefficient (Wildman–Crippen LogP) is 3.73. The van der Waals surface area contributed by atoms with E-state index >= 15 is 0 Å². The fourth-order valence-electron chi connectivity index (χ4n) is 3.54. The first-order chi connectivity index (χ1) is 14.5. The molecule has 1 unspecified atom stereocenters. The van der Waals surface area contributed by atoms with E-state index in [2.05, 4.69) is 20.4 Å². The molecule has 0 bridgehead atoms. The van der Waals surface area contributed by atoms with Crippen LogP contribution in [0.25, 0.3) is 11.0 Å². The standard InChI is InChI=1S/C21H21F2N5O2/c1-13(26-17-9-15(22)8-16(23)10-17)18-6-14(11-25-29)7-19-21(18)27-20(12-24-19)28-2-4-30-5-3-28/h6-13,26,29H,2-5H2,1H3/b25-11+. The molecule has 3 aromatic rings. The monoisotopic (exact) mass is 413 g/mol. The SMILES string of the molecule is CC(Nc1cc(F)cc(F)c1)c1cc(/C=N/O)cc2ncc(N3CCOCC3)nc12. The molecule has 1 aromatic heterocycles. The summed E-state index contributed by atoms with van der Waals surface area (Å²) in [5, 5.41) is 15.2. The fourth-order valence-corrected chi connectivity index (χ4v) is 3.54. The van der Waals surface area contributed by atoms with E-state index in [-0.39, 0.29) is 6.04 Å². The van der Waals surface area contributed by atoms with Crippen LogP contribution in [0.3, 0.4) is 0 Å². The zero-order valence-corrected chi connectivity index (χ0v) is 16.3. The largest absolute Gasteiger partial charge is 0.411 e. The Hall–Kier alpha value is -3.33. The van der Waals surface area contributed by atoms with E-state index in [1.807, 2.05) is 13.0 Å². The third-order valence-electron chi connectivity index (χ3n) is 4.94. The van der Waals surface area contributed by atoms with Gasteiger partial charge in [-0.1, -0.05) is 5.16 Å². The van der Waals surface area contributed by atoms with Gasteiger partial charge in [0.05, 0.1) is 42.7 Å². The van der Waals surface area contributed by atoms with Gasteiger partial charge < -0.3 is 20.2 Å². The molecule has 0 spiro atoms. The summed E-state index contributed by atoms with van der Waals surface area (Å²) < 4.78 is 32.6. The number of aromatic nitrogens is 2. The second-order valence-electron chi connectivity index (χ2n) is 7.07. The van der Waals surface area contributed by atoms with Gasteiger partial charge in [-0.25, -0.2) is 13.8 Å². The van der Waals surface area contributed by atoms with Crippen LogP contribution in [-0.4, -0.2) is 47.7 Å². The van der Waals surface area contributed by atoms with Gasteiger partial charge in [-0.15, -0.1) is 0 Å². The number of nitrogens with one attached hydrogen (secondary N) is 1. The summed E-state index contributed by atoms with van der Waals surface area (Å²) in [4.78, 5) is 11.5. The van der Waals surface area contributed by atoms with E-state index < -0.39 is 11.6 Å². The summed E-state index contributed by atoms with van der Waals surface area (Å²) in [5.74, 6) is -0.588. The number of anilines is 2. The maximum atomic E-state index is 13.6. The van der Waals surface area contributed by atoms with Gasteiger partial charge in [0.2, 0.25) is 0 Å². The number of halogens is 2. The number of hydrogen-bond acceptors (Lipinski definition) is 7. The van der Waals surface area contributed by atoms with Gasteiger partial charge in [0.1, 0.15) is 17.5 Å². The molecule has 0 radical (unpaired) electrons. The number of ether oxygens (including phenoxy) is 1. The number of benzene rings is 2. The average Bonchev–Trinajstić information content (AvgIpc) is 2.73. The molecule has 2 aromatic carbocycles. The van der Waals surface area contributed by atoms with Crippen LogP contribution in [0.5, 0.6) is 0 Å². The number of oxime groups is 1. The lowest BCUT2D eigenvalue weighted by Gasteiger charge is -2.28.